The van der Waals surface area contributed by atoms with Crippen LogP contribution in [0.25, 0.3) is 0 Å². The van der Waals surface area contributed by atoms with Gasteiger partial charge in [0.15, 0.2) is 0 Å². The van der Waals surface area contributed by atoms with Gasteiger partial charge in [0, 0.05) is 49.2 Å². The molecule has 10 amide bonds. The molecule has 0 heterocycles. The lowest BCUT2D eigenvalue weighted by Gasteiger charge is -2.26. The number of nitrogens with one attached hydrogen (secondary N) is 10. The second-order valence-electron chi connectivity index (χ2n) is 28.2. The normalized spacial score (nSPS) is 14.2. The molecule has 106 heavy (non-hydrogen) atoms. The number of aliphatic hydroxyl groups is 2. The van der Waals surface area contributed by atoms with Crippen molar-refractivity contribution in [1.82, 2.24) is 53.2 Å². The summed E-state index contributed by atoms with van der Waals surface area (Å²) in [4.78, 5) is 138. The molecule has 10 atom stereocenters. The summed E-state index contributed by atoms with van der Waals surface area (Å²) in [5, 5.41) is 48.6. The molecule has 0 spiro atoms. The van der Waals surface area contributed by atoms with Crippen molar-refractivity contribution in [3.05, 3.63) is 0 Å². The van der Waals surface area contributed by atoms with Crippen molar-refractivity contribution in [2.75, 3.05) is 82.0 Å². The Morgan fingerprint density at radius 2 is 0.491 bits per heavy atom. The van der Waals surface area contributed by atoms with Gasteiger partial charge in [-0.15, -0.1) is 0 Å². The van der Waals surface area contributed by atoms with Crippen molar-refractivity contribution in [3.8, 4) is 0 Å². The Bertz CT molecular complexity index is 2180. The van der Waals surface area contributed by atoms with Crippen LogP contribution in [0.4, 0.5) is 0 Å². The van der Waals surface area contributed by atoms with Crippen molar-refractivity contribution in [2.45, 2.75) is 332 Å². The molecule has 0 fully saturated rings. The minimum atomic E-state index is -1.39. The SMILES string of the molecule is CCCCCCCCCCCCNC(=O)C(CO)NC(=O)C(CSCCSCC(NC(=O)C(CCCCNC(=O)C(N)CCCCN)NC(=O)C(N)CCCCN)C(=O)NC(CO)C(=O)NCCCCCCCCCCCC)NC(=O)C(CCCCNC(=O)C(N)CCCCC)NC(=O)C(N)CCCCN. The molecule has 29 nitrogen and oxygen atoms in total. The Morgan fingerprint density at radius 3 is 0.792 bits per heavy atom. The second kappa shape index (κ2) is 69.2. The van der Waals surface area contributed by atoms with E-state index in [-0.39, 0.29) is 60.8 Å². The fourth-order valence-electron chi connectivity index (χ4n) is 11.6. The molecule has 0 aromatic rings. The van der Waals surface area contributed by atoms with E-state index in [9.17, 15) is 58.2 Å². The number of carbonyl (C=O) groups excluding carboxylic acids is 10. The van der Waals surface area contributed by atoms with Gasteiger partial charge in [0.1, 0.15) is 36.3 Å². The number of hydrogen-bond acceptors (Lipinski definition) is 21. The fraction of sp³-hybridized carbons (Fsp3) is 0.867. The number of carbonyl (C=O) groups is 10. The zero-order chi connectivity index (χ0) is 78.8. The summed E-state index contributed by atoms with van der Waals surface area (Å²) in [6, 6.07) is -11.2. The zero-order valence-corrected chi connectivity index (χ0v) is 67.0. The van der Waals surface area contributed by atoms with Crippen LogP contribution >= 0.6 is 23.5 Å². The Balaban J connectivity index is 6.98. The van der Waals surface area contributed by atoms with Gasteiger partial charge in [-0.25, -0.2) is 0 Å². The van der Waals surface area contributed by atoms with Gasteiger partial charge >= 0.3 is 0 Å². The summed E-state index contributed by atoms with van der Waals surface area (Å²) in [5.41, 5.74) is 41.8. The molecule has 0 saturated heterocycles. The molecule has 0 aliphatic rings. The van der Waals surface area contributed by atoms with Crippen molar-refractivity contribution in [2.24, 2.45) is 40.1 Å². The average molecular weight is 1550 g/mol. The van der Waals surface area contributed by atoms with Gasteiger partial charge in [-0.1, -0.05) is 175 Å². The maximum Gasteiger partial charge on any atom is 0.244 e. The van der Waals surface area contributed by atoms with Gasteiger partial charge in [-0.2, -0.15) is 23.5 Å². The molecule has 0 radical (unpaired) electrons. The summed E-state index contributed by atoms with van der Waals surface area (Å²) >= 11 is 2.45. The van der Waals surface area contributed by atoms with Gasteiger partial charge in [-0.05, 0) is 116 Å². The number of unbranched alkanes of at least 4 members (excludes halogenated alkanes) is 25. The molecular weight excluding hydrogens is 1400 g/mol. The highest BCUT2D eigenvalue weighted by Crippen LogP contribution is 2.16. The number of aliphatic hydroxyl groups excluding tert-OH is 2. The number of rotatable bonds is 73. The first-order valence-electron chi connectivity index (χ1n) is 40.6. The van der Waals surface area contributed by atoms with Crippen LogP contribution in [0.2, 0.25) is 0 Å². The summed E-state index contributed by atoms with van der Waals surface area (Å²) < 4.78 is 0. The van der Waals surface area contributed by atoms with E-state index in [0.717, 1.165) is 77.0 Å². The maximum atomic E-state index is 14.5. The second-order valence-corrected chi connectivity index (χ2v) is 30.5. The molecule has 0 aromatic carbocycles. The third-order valence-electron chi connectivity index (χ3n) is 18.6. The van der Waals surface area contributed by atoms with Crippen LogP contribution in [0.5, 0.6) is 0 Å². The highest BCUT2D eigenvalue weighted by atomic mass is 32.2. The first-order chi connectivity index (χ1) is 51.2. The summed E-state index contributed by atoms with van der Waals surface area (Å²) in [7, 11) is 0. The molecule has 0 aliphatic heterocycles. The van der Waals surface area contributed by atoms with E-state index in [1.807, 2.05) is 0 Å². The Hall–Kier alpha value is -4.96. The quantitative estimate of drug-likeness (QED) is 0.0389. The summed E-state index contributed by atoms with van der Waals surface area (Å²) in [6.07, 6.45) is 31.7. The van der Waals surface area contributed by atoms with Gasteiger partial charge in [0.25, 0.3) is 0 Å². The van der Waals surface area contributed by atoms with E-state index >= 15 is 0 Å². The largest absolute Gasteiger partial charge is 0.394 e. The third-order valence-corrected chi connectivity index (χ3v) is 21.0. The van der Waals surface area contributed by atoms with Crippen LogP contribution in [0, 0.1) is 0 Å². The lowest BCUT2D eigenvalue weighted by molar-refractivity contribution is -0.134. The molecule has 31 heteroatoms. The predicted molar refractivity (Wildman–Crippen MR) is 429 cm³/mol. The Labute approximate surface area is 644 Å². The lowest BCUT2D eigenvalue weighted by Crippen LogP contribution is -2.59. The van der Waals surface area contributed by atoms with E-state index < -0.39 is 121 Å². The van der Waals surface area contributed by atoms with E-state index in [0.29, 0.717) is 129 Å². The van der Waals surface area contributed by atoms with Crippen LogP contribution in [0.3, 0.4) is 0 Å². The molecule has 618 valence electrons. The monoisotopic (exact) mass is 1540 g/mol. The molecule has 26 N–H and O–H groups in total. The number of hydrogen-bond donors (Lipinski definition) is 19. The van der Waals surface area contributed by atoms with E-state index in [1.54, 1.807) is 0 Å². The molecule has 0 rings (SSSR count). The average Bonchev–Trinajstić information content (AvgIpc) is 0.874. The topological polar surface area (TPSA) is 514 Å². The molecule has 0 aliphatic carbocycles. The number of nitrogens with two attached hydrogens (primary N) is 7. The summed E-state index contributed by atoms with van der Waals surface area (Å²) in [5.74, 6) is -5.74. The molecule has 0 bridgehead atoms. The van der Waals surface area contributed by atoms with Crippen LogP contribution in [0.1, 0.15) is 271 Å². The van der Waals surface area contributed by atoms with Crippen molar-refractivity contribution in [1.29, 1.82) is 0 Å². The van der Waals surface area contributed by atoms with Crippen molar-refractivity contribution in [3.63, 3.8) is 0 Å². The van der Waals surface area contributed by atoms with E-state index in [2.05, 4.69) is 73.9 Å². The fourth-order valence-corrected chi connectivity index (χ4v) is 13.9. The third kappa shape index (κ3) is 53.0. The maximum absolute atomic E-state index is 14.5. The van der Waals surface area contributed by atoms with Crippen LogP contribution < -0.4 is 93.3 Å². The molecular formula is C75H149N17O12S2. The van der Waals surface area contributed by atoms with Crippen LogP contribution in [-0.2, 0) is 47.9 Å². The van der Waals surface area contributed by atoms with Crippen LogP contribution in [0.15, 0.2) is 0 Å². The summed E-state index contributed by atoms with van der Waals surface area (Å²) in [6.45, 7) is 7.34. The first-order valence-corrected chi connectivity index (χ1v) is 42.9. The van der Waals surface area contributed by atoms with Crippen LogP contribution in [-0.4, -0.2) is 212 Å². The Kier molecular flexibility index (Phi) is 66.0. The molecule has 10 unspecified atom stereocenters. The zero-order valence-electron chi connectivity index (χ0n) is 65.4. The van der Waals surface area contributed by atoms with Crippen molar-refractivity contribution < 1.29 is 58.2 Å². The predicted octanol–water partition coefficient (Wildman–Crippen LogP) is 3.27. The van der Waals surface area contributed by atoms with E-state index in [4.69, 9.17) is 40.1 Å². The van der Waals surface area contributed by atoms with E-state index in [1.165, 1.54) is 87.7 Å². The van der Waals surface area contributed by atoms with Gasteiger partial charge in [-0.3, -0.25) is 47.9 Å². The molecule has 0 saturated carbocycles. The van der Waals surface area contributed by atoms with Gasteiger partial charge < -0.3 is 104 Å². The highest BCUT2D eigenvalue weighted by molar-refractivity contribution is 8.03. The minimum absolute atomic E-state index is 0.0725. The highest BCUT2D eigenvalue weighted by Gasteiger charge is 2.33. The number of amides is 10. The first kappa shape index (κ1) is 101. The smallest absolute Gasteiger partial charge is 0.244 e. The minimum Gasteiger partial charge on any atom is -0.394 e. The number of thioether (sulfide) groups is 2. The van der Waals surface area contributed by atoms with Gasteiger partial charge in [0.2, 0.25) is 59.1 Å². The Morgan fingerprint density at radius 1 is 0.264 bits per heavy atom. The molecule has 0 aromatic heterocycles. The van der Waals surface area contributed by atoms with Crippen molar-refractivity contribution >= 4 is 82.6 Å². The van der Waals surface area contributed by atoms with Gasteiger partial charge in [0.05, 0.1) is 37.4 Å². The lowest BCUT2D eigenvalue weighted by atomic mass is 10.1. The standard InChI is InChI=1S/C75H149N17O12S2/c1-4-7-10-12-14-16-18-20-22-33-46-85-70(99)62(52-93)89-74(103)64(91-72(101)60(87-68(97)58(81)39-26-31-44-77)41-28-35-48-83-66(95)56(79)37-24-9-6-3)54-105-50-51-106-55-65(75(104)90-63(53-94)71(100)86-47-34-23-21-19-17-15-13-11-8-5-2)92-73(102)61(88-69(98)59(82)40-27-32-45-78)42-29-36-49-84-67(96)57(80)38-25-30-43-76/h56-65,93-94H,4-55,76-82H2,1-3H3,(H,83,95)(H,84,96)(H,85,99)(H,86,100)(H,87,97)(H,88,98)(H,89,103)(H,90,104)(H,91,101)(H,92,102).